The van der Waals surface area contributed by atoms with Gasteiger partial charge in [-0.25, -0.2) is 4.98 Å². The van der Waals surface area contributed by atoms with Gasteiger partial charge in [-0.3, -0.25) is 9.55 Å². The monoisotopic (exact) mass is 672 g/mol. The van der Waals surface area contributed by atoms with Crippen molar-refractivity contribution in [3.63, 3.8) is 0 Å². The van der Waals surface area contributed by atoms with E-state index in [-0.39, 0.29) is 5.41 Å². The van der Waals surface area contributed by atoms with Crippen LogP contribution in [-0.2, 0) is 5.41 Å². The maximum absolute atomic E-state index is 6.51. The van der Waals surface area contributed by atoms with Gasteiger partial charge in [-0.15, -0.1) is 0 Å². The minimum absolute atomic E-state index is 0.0504. The topological polar surface area (TPSA) is 56.7 Å². The third kappa shape index (κ3) is 3.80. The number of hydrogen-bond donors (Lipinski definition) is 0. The van der Waals surface area contributed by atoms with Gasteiger partial charge in [-0.05, 0) is 125 Å². The number of furan rings is 1. The lowest BCUT2D eigenvalue weighted by molar-refractivity contribution is 0.0856. The van der Waals surface area contributed by atoms with Crippen LogP contribution in [0, 0.1) is 17.8 Å². The van der Waals surface area contributed by atoms with Crippen molar-refractivity contribution in [3.8, 4) is 28.3 Å². The molecular weight excluding hydrogens is 637 g/mol. The summed E-state index contributed by atoms with van der Waals surface area (Å²) in [6.45, 7) is 2.49. The fraction of sp³-hybridized carbons (Fsp3) is 0.213. The Morgan fingerprint density at radius 2 is 1.46 bits per heavy atom. The molecule has 0 aliphatic heterocycles. The molecule has 3 aliphatic carbocycles. The van der Waals surface area contributed by atoms with Gasteiger partial charge in [0.1, 0.15) is 5.58 Å². The summed E-state index contributed by atoms with van der Waals surface area (Å²) in [4.78, 5) is 15.0. The first-order valence-corrected chi connectivity index (χ1v) is 18.9. The molecule has 52 heavy (non-hydrogen) atoms. The molecule has 5 heteroatoms. The zero-order chi connectivity index (χ0) is 34.1. The van der Waals surface area contributed by atoms with Crippen LogP contribution < -0.4 is 0 Å². The molecule has 4 atom stereocenters. The summed E-state index contributed by atoms with van der Waals surface area (Å²) in [5.74, 6) is 2.89. The second-order valence-corrected chi connectivity index (χ2v) is 15.8. The molecule has 4 aromatic heterocycles. The zero-order valence-corrected chi connectivity index (χ0v) is 29.0. The Bertz CT molecular complexity index is 2940. The van der Waals surface area contributed by atoms with Crippen LogP contribution in [0.4, 0.5) is 0 Å². The maximum atomic E-state index is 6.51. The van der Waals surface area contributed by atoms with Crippen LogP contribution in [0.5, 0.6) is 0 Å². The highest BCUT2D eigenvalue weighted by molar-refractivity contribution is 6.15. The standard InChI is InChI=1S/C47H36N4O/c1-27-20-28-14-17-47(32(21-27)22-28)38-12-6-4-10-33(38)35-26-41-37(25-39(35)47)36-23-30-8-2-3-9-31(30)24-40(36)51(41)46-49-44(29-15-18-48-19-16-29)43-34-11-5-7-13-42(34)52-45(43)50-46/h2-13,15-16,18-19,23-28,32H,14,17,20-22H2,1H3. The van der Waals surface area contributed by atoms with Crippen molar-refractivity contribution in [2.45, 2.75) is 44.4 Å². The predicted octanol–water partition coefficient (Wildman–Crippen LogP) is 11.8. The van der Waals surface area contributed by atoms with Crippen molar-refractivity contribution in [1.82, 2.24) is 19.5 Å². The first-order valence-electron chi connectivity index (χ1n) is 18.9. The molecular formula is C47H36N4O. The Morgan fingerprint density at radius 3 is 2.37 bits per heavy atom. The average Bonchev–Trinajstić information content (AvgIpc) is 3.80. The van der Waals surface area contributed by atoms with Crippen molar-refractivity contribution < 1.29 is 4.42 Å². The Balaban J connectivity index is 1.20. The molecule has 0 saturated heterocycles. The molecule has 12 rings (SSSR count). The average molecular weight is 673 g/mol. The van der Waals surface area contributed by atoms with E-state index in [2.05, 4.69) is 95.3 Å². The van der Waals surface area contributed by atoms with Gasteiger partial charge in [-0.1, -0.05) is 73.7 Å². The molecule has 5 nitrogen and oxygen atoms in total. The molecule has 250 valence electrons. The van der Waals surface area contributed by atoms with Crippen LogP contribution in [0.3, 0.4) is 0 Å². The number of hydrogen-bond acceptors (Lipinski definition) is 4. The lowest BCUT2D eigenvalue weighted by Crippen LogP contribution is -2.44. The van der Waals surface area contributed by atoms with Gasteiger partial charge < -0.3 is 4.42 Å². The summed E-state index contributed by atoms with van der Waals surface area (Å²) in [5.41, 5.74) is 11.3. The van der Waals surface area contributed by atoms with Crippen LogP contribution >= 0.6 is 0 Å². The second kappa shape index (κ2) is 10.4. The van der Waals surface area contributed by atoms with Crippen LogP contribution in [0.15, 0.2) is 126 Å². The summed E-state index contributed by atoms with van der Waals surface area (Å²) in [6, 6.07) is 40.0. The van der Waals surface area contributed by atoms with Gasteiger partial charge in [0.05, 0.1) is 22.1 Å². The summed E-state index contributed by atoms with van der Waals surface area (Å²) >= 11 is 0. The van der Waals surface area contributed by atoms with E-state index in [1.807, 2.05) is 42.7 Å². The summed E-state index contributed by atoms with van der Waals surface area (Å²) < 4.78 is 8.80. The molecule has 3 aliphatic rings. The Morgan fingerprint density at radius 1 is 0.692 bits per heavy atom. The highest BCUT2D eigenvalue weighted by Crippen LogP contribution is 2.63. The van der Waals surface area contributed by atoms with Gasteiger partial charge in [0.25, 0.3) is 0 Å². The van der Waals surface area contributed by atoms with E-state index in [1.165, 1.54) is 75.9 Å². The van der Waals surface area contributed by atoms with Crippen molar-refractivity contribution in [2.24, 2.45) is 17.8 Å². The van der Waals surface area contributed by atoms with E-state index in [0.717, 1.165) is 50.5 Å². The summed E-state index contributed by atoms with van der Waals surface area (Å²) in [6.07, 6.45) is 10.2. The highest BCUT2D eigenvalue weighted by Gasteiger charge is 2.53. The number of fused-ring (bicyclic) bond motifs is 15. The number of pyridine rings is 1. The predicted molar refractivity (Wildman–Crippen MR) is 210 cm³/mol. The van der Waals surface area contributed by atoms with E-state index in [4.69, 9.17) is 14.4 Å². The maximum Gasteiger partial charge on any atom is 0.238 e. The molecule has 1 spiro atoms. The molecule has 0 N–H and O–H groups in total. The van der Waals surface area contributed by atoms with E-state index in [1.54, 1.807) is 0 Å². The van der Waals surface area contributed by atoms with E-state index >= 15 is 0 Å². The van der Waals surface area contributed by atoms with Crippen molar-refractivity contribution in [1.29, 1.82) is 0 Å². The first kappa shape index (κ1) is 28.8. The second-order valence-electron chi connectivity index (χ2n) is 15.8. The minimum Gasteiger partial charge on any atom is -0.437 e. The van der Waals surface area contributed by atoms with E-state index in [9.17, 15) is 0 Å². The van der Waals surface area contributed by atoms with Crippen molar-refractivity contribution >= 4 is 54.6 Å². The lowest BCUT2D eigenvalue weighted by atomic mass is 9.53. The molecule has 2 fully saturated rings. The number of nitrogens with zero attached hydrogens (tertiary/aromatic N) is 4. The summed E-state index contributed by atoms with van der Waals surface area (Å²) in [5, 5.41) is 6.85. The fourth-order valence-electron chi connectivity index (χ4n) is 11.0. The quantitative estimate of drug-likeness (QED) is 0.183. The van der Waals surface area contributed by atoms with Crippen LogP contribution in [-0.4, -0.2) is 19.5 Å². The molecule has 2 bridgehead atoms. The molecule has 9 aromatic rings. The number of rotatable bonds is 2. The molecule has 0 amide bonds. The minimum atomic E-state index is 0.0504. The Kier molecular flexibility index (Phi) is 5.76. The fourth-order valence-corrected chi connectivity index (χ4v) is 11.0. The summed E-state index contributed by atoms with van der Waals surface area (Å²) in [7, 11) is 0. The number of para-hydroxylation sites is 1. The lowest BCUT2D eigenvalue weighted by Gasteiger charge is -2.50. The Labute approximate surface area is 301 Å². The largest absolute Gasteiger partial charge is 0.437 e. The van der Waals surface area contributed by atoms with Crippen LogP contribution in [0.25, 0.3) is 83.0 Å². The molecule has 5 aromatic carbocycles. The SMILES string of the molecule is CC1CC2CCC3(c4ccccc4-c4cc5c(cc43)c3cc4ccccc4cc3n5-c3nc(-c4ccncc4)c4c(n3)oc3ccccc34)C(C1)C2. The van der Waals surface area contributed by atoms with E-state index < -0.39 is 0 Å². The molecule has 4 heterocycles. The number of benzene rings is 5. The third-order valence-electron chi connectivity index (χ3n) is 13.0. The third-order valence-corrected chi connectivity index (χ3v) is 13.0. The van der Waals surface area contributed by atoms with Crippen molar-refractivity contribution in [2.75, 3.05) is 0 Å². The van der Waals surface area contributed by atoms with Gasteiger partial charge in [-0.2, -0.15) is 4.98 Å². The highest BCUT2D eigenvalue weighted by atomic mass is 16.3. The zero-order valence-electron chi connectivity index (χ0n) is 29.0. The normalized spacial score (nSPS) is 22.2. The van der Waals surface area contributed by atoms with Crippen LogP contribution in [0.2, 0.25) is 0 Å². The Hall–Kier alpha value is -5.81. The van der Waals surface area contributed by atoms with Gasteiger partial charge in [0.15, 0.2) is 0 Å². The van der Waals surface area contributed by atoms with Gasteiger partial charge in [0, 0.05) is 39.5 Å². The van der Waals surface area contributed by atoms with E-state index in [0.29, 0.717) is 17.6 Å². The molecule has 2 saturated carbocycles. The molecule has 0 radical (unpaired) electrons. The number of aromatic nitrogens is 4. The first-order chi connectivity index (χ1) is 25.6. The van der Waals surface area contributed by atoms with Gasteiger partial charge in [0.2, 0.25) is 11.7 Å². The van der Waals surface area contributed by atoms with Crippen molar-refractivity contribution in [3.05, 3.63) is 133 Å². The molecule has 4 unspecified atom stereocenters. The smallest absolute Gasteiger partial charge is 0.238 e. The van der Waals surface area contributed by atoms with Crippen LogP contribution in [0.1, 0.15) is 50.2 Å². The van der Waals surface area contributed by atoms with Gasteiger partial charge >= 0.3 is 0 Å².